The zero-order valence-electron chi connectivity index (χ0n) is 10.4. The van der Waals surface area contributed by atoms with Crippen LogP contribution in [0.2, 0.25) is 0 Å². The second kappa shape index (κ2) is 5.09. The summed E-state index contributed by atoms with van der Waals surface area (Å²) in [5.74, 6) is 0.370. The molecule has 16 heavy (non-hydrogen) atoms. The third kappa shape index (κ3) is 3.71. The zero-order chi connectivity index (χ0) is 12.3. The third-order valence-electron chi connectivity index (χ3n) is 2.57. The Morgan fingerprint density at radius 3 is 2.44 bits per heavy atom. The number of carbonyl (C=O) groups is 1. The number of hydrogen-bond acceptors (Lipinski definition) is 2. The highest BCUT2D eigenvalue weighted by molar-refractivity contribution is 6.20. The molecule has 0 fully saturated rings. The van der Waals surface area contributed by atoms with Crippen LogP contribution in [-0.2, 0) is 4.74 Å². The maximum atomic E-state index is 11.8. The van der Waals surface area contributed by atoms with E-state index in [2.05, 4.69) is 19.1 Å². The quantitative estimate of drug-likeness (QED) is 0.520. The normalized spacial score (nSPS) is 25.3. The molecule has 1 aliphatic carbocycles. The fraction of sp³-hybridized carbons (Fsp3) is 0.750. The fourth-order valence-corrected chi connectivity index (χ4v) is 2.00. The van der Waals surface area contributed by atoms with Gasteiger partial charge in [-0.3, -0.25) is 0 Å². The standard InChI is InChI=1S/C12H20ClNO2/c1-9-7-5-6-8-10(9)14(13)11(15)16-12(2,3)4/h5-6,9-10H,7-8H2,1-4H3/t9-,10?/m0/s1. The summed E-state index contributed by atoms with van der Waals surface area (Å²) in [6, 6.07) is 0.0292. The summed E-state index contributed by atoms with van der Waals surface area (Å²) in [6.45, 7) is 7.59. The molecule has 0 saturated heterocycles. The minimum Gasteiger partial charge on any atom is -0.443 e. The first-order valence-corrected chi connectivity index (χ1v) is 5.98. The minimum atomic E-state index is -0.502. The van der Waals surface area contributed by atoms with E-state index in [0.717, 1.165) is 12.8 Å². The van der Waals surface area contributed by atoms with Gasteiger partial charge in [0.1, 0.15) is 5.60 Å². The summed E-state index contributed by atoms with van der Waals surface area (Å²) in [5.41, 5.74) is -0.502. The van der Waals surface area contributed by atoms with Gasteiger partial charge in [0.2, 0.25) is 0 Å². The number of nitrogens with zero attached hydrogens (tertiary/aromatic N) is 1. The van der Waals surface area contributed by atoms with E-state index >= 15 is 0 Å². The van der Waals surface area contributed by atoms with E-state index in [9.17, 15) is 4.79 Å². The van der Waals surface area contributed by atoms with Gasteiger partial charge in [0, 0.05) is 11.8 Å². The first-order chi connectivity index (χ1) is 7.31. The molecule has 1 unspecified atom stereocenters. The van der Waals surface area contributed by atoms with E-state index in [-0.39, 0.29) is 6.04 Å². The zero-order valence-corrected chi connectivity index (χ0v) is 11.1. The molecule has 0 saturated carbocycles. The van der Waals surface area contributed by atoms with Crippen molar-refractivity contribution >= 4 is 17.9 Å². The Bertz CT molecular complexity index is 283. The molecule has 0 spiro atoms. The van der Waals surface area contributed by atoms with Crippen molar-refractivity contribution in [3.63, 3.8) is 0 Å². The maximum Gasteiger partial charge on any atom is 0.425 e. The van der Waals surface area contributed by atoms with Crippen LogP contribution < -0.4 is 0 Å². The second-order valence-electron chi connectivity index (χ2n) is 5.28. The van der Waals surface area contributed by atoms with Crippen molar-refractivity contribution < 1.29 is 9.53 Å². The van der Waals surface area contributed by atoms with Gasteiger partial charge in [-0.2, -0.15) is 0 Å². The molecule has 3 nitrogen and oxygen atoms in total. The van der Waals surface area contributed by atoms with Gasteiger partial charge in [0.25, 0.3) is 0 Å². The number of allylic oxidation sites excluding steroid dienone is 1. The number of hydrogen-bond donors (Lipinski definition) is 0. The Morgan fingerprint density at radius 1 is 1.38 bits per heavy atom. The van der Waals surface area contributed by atoms with Crippen LogP contribution in [0.3, 0.4) is 0 Å². The van der Waals surface area contributed by atoms with Crippen LogP contribution in [0.1, 0.15) is 40.5 Å². The van der Waals surface area contributed by atoms with E-state index in [0.29, 0.717) is 5.92 Å². The first-order valence-electron chi connectivity index (χ1n) is 5.64. The van der Waals surface area contributed by atoms with Crippen molar-refractivity contribution in [2.45, 2.75) is 52.2 Å². The van der Waals surface area contributed by atoms with Gasteiger partial charge in [-0.25, -0.2) is 9.21 Å². The molecular weight excluding hydrogens is 226 g/mol. The Balaban J connectivity index is 2.59. The molecule has 1 aliphatic rings. The van der Waals surface area contributed by atoms with Gasteiger partial charge < -0.3 is 4.74 Å². The SMILES string of the molecule is C[C@H]1CC=CCC1N(Cl)C(=O)OC(C)(C)C. The number of rotatable bonds is 1. The van der Waals surface area contributed by atoms with Crippen LogP contribution in [0.15, 0.2) is 12.2 Å². The van der Waals surface area contributed by atoms with E-state index in [1.54, 1.807) is 0 Å². The van der Waals surface area contributed by atoms with Gasteiger partial charge in [-0.15, -0.1) is 0 Å². The molecule has 0 aromatic rings. The van der Waals surface area contributed by atoms with Gasteiger partial charge in [0.05, 0.1) is 6.04 Å². The fourth-order valence-electron chi connectivity index (χ4n) is 1.69. The first kappa shape index (κ1) is 13.4. The van der Waals surface area contributed by atoms with Crippen LogP contribution in [-0.4, -0.2) is 22.2 Å². The van der Waals surface area contributed by atoms with Crippen LogP contribution in [0.25, 0.3) is 0 Å². The van der Waals surface area contributed by atoms with Crippen LogP contribution in [0.4, 0.5) is 4.79 Å². The third-order valence-corrected chi connectivity index (χ3v) is 2.96. The molecule has 0 aliphatic heterocycles. The number of carbonyl (C=O) groups excluding carboxylic acids is 1. The van der Waals surface area contributed by atoms with Crippen molar-refractivity contribution in [3.05, 3.63) is 12.2 Å². The summed E-state index contributed by atoms with van der Waals surface area (Å²) in [7, 11) is 0. The lowest BCUT2D eigenvalue weighted by Crippen LogP contribution is -2.41. The van der Waals surface area contributed by atoms with Gasteiger partial charge in [-0.05, 0) is 39.5 Å². The van der Waals surface area contributed by atoms with Crippen LogP contribution >= 0.6 is 11.8 Å². The molecule has 92 valence electrons. The average Bonchev–Trinajstić information content (AvgIpc) is 2.15. The minimum absolute atomic E-state index is 0.0292. The highest BCUT2D eigenvalue weighted by Crippen LogP contribution is 2.26. The Labute approximate surface area is 103 Å². The molecule has 0 N–H and O–H groups in total. The molecule has 0 aromatic heterocycles. The van der Waals surface area contributed by atoms with Crippen molar-refractivity contribution in [1.29, 1.82) is 0 Å². The highest BCUT2D eigenvalue weighted by Gasteiger charge is 2.30. The van der Waals surface area contributed by atoms with Gasteiger partial charge >= 0.3 is 6.09 Å². The lowest BCUT2D eigenvalue weighted by atomic mass is 9.91. The predicted octanol–water partition coefficient (Wildman–Crippen LogP) is 3.73. The van der Waals surface area contributed by atoms with Crippen LogP contribution in [0.5, 0.6) is 0 Å². The van der Waals surface area contributed by atoms with Crippen molar-refractivity contribution in [2.75, 3.05) is 0 Å². The van der Waals surface area contributed by atoms with Gasteiger partial charge in [0.15, 0.2) is 0 Å². The number of amides is 1. The molecule has 1 amide bonds. The Kier molecular flexibility index (Phi) is 4.25. The molecule has 0 heterocycles. The van der Waals surface area contributed by atoms with E-state index in [1.807, 2.05) is 20.8 Å². The molecule has 0 radical (unpaired) electrons. The van der Waals surface area contributed by atoms with E-state index in [4.69, 9.17) is 16.5 Å². The molecule has 1 rings (SSSR count). The smallest absolute Gasteiger partial charge is 0.425 e. The Morgan fingerprint density at radius 2 is 1.94 bits per heavy atom. The highest BCUT2D eigenvalue weighted by atomic mass is 35.5. The summed E-state index contributed by atoms with van der Waals surface area (Å²) < 4.78 is 6.44. The van der Waals surface area contributed by atoms with E-state index in [1.165, 1.54) is 4.42 Å². The Hall–Kier alpha value is -0.700. The lowest BCUT2D eigenvalue weighted by Gasteiger charge is -2.32. The monoisotopic (exact) mass is 245 g/mol. The predicted molar refractivity (Wildman–Crippen MR) is 65.3 cm³/mol. The van der Waals surface area contributed by atoms with Crippen LogP contribution in [0, 0.1) is 5.92 Å². The molecule has 4 heteroatoms. The van der Waals surface area contributed by atoms with Crippen molar-refractivity contribution in [1.82, 2.24) is 4.42 Å². The molecular formula is C12H20ClNO2. The summed E-state index contributed by atoms with van der Waals surface area (Å²) in [6.07, 6.45) is 5.48. The van der Waals surface area contributed by atoms with E-state index < -0.39 is 11.7 Å². The molecule has 0 bridgehead atoms. The second-order valence-corrected chi connectivity index (χ2v) is 5.64. The molecule has 2 atom stereocenters. The average molecular weight is 246 g/mol. The number of halogens is 1. The topological polar surface area (TPSA) is 29.5 Å². The number of ether oxygens (including phenoxy) is 1. The summed E-state index contributed by atoms with van der Waals surface area (Å²) in [5, 5.41) is 0. The summed E-state index contributed by atoms with van der Waals surface area (Å²) in [4.78, 5) is 11.8. The van der Waals surface area contributed by atoms with Gasteiger partial charge in [-0.1, -0.05) is 19.1 Å². The molecule has 0 aromatic carbocycles. The van der Waals surface area contributed by atoms with Crippen molar-refractivity contribution in [2.24, 2.45) is 5.92 Å². The lowest BCUT2D eigenvalue weighted by molar-refractivity contribution is 0.0304. The maximum absolute atomic E-state index is 11.8. The summed E-state index contributed by atoms with van der Waals surface area (Å²) >= 11 is 6.04. The largest absolute Gasteiger partial charge is 0.443 e. The van der Waals surface area contributed by atoms with Crippen molar-refractivity contribution in [3.8, 4) is 0 Å².